The number of carboxylic acid groups (broad SMARTS) is 1. The minimum Gasteiger partial charge on any atom is -0.478 e. The van der Waals surface area contributed by atoms with Gasteiger partial charge in [0.2, 0.25) is 5.91 Å². The Bertz CT molecular complexity index is 828. The van der Waals surface area contributed by atoms with Crippen molar-refractivity contribution < 1.29 is 23.9 Å². The van der Waals surface area contributed by atoms with Crippen molar-refractivity contribution in [2.75, 3.05) is 6.54 Å². The average Bonchev–Trinajstić information content (AvgIpc) is 3.22. The lowest BCUT2D eigenvalue weighted by Crippen LogP contribution is -2.41. The molecule has 2 amide bonds. The second-order valence-electron chi connectivity index (χ2n) is 6.17. The molecule has 2 aromatic rings. The topological polar surface area (TPSA) is 99.9 Å². The van der Waals surface area contributed by atoms with Crippen LogP contribution in [-0.4, -0.2) is 40.4 Å². The molecule has 0 spiro atoms. The first-order valence-corrected chi connectivity index (χ1v) is 8.49. The van der Waals surface area contributed by atoms with Crippen LogP contribution in [-0.2, 0) is 17.8 Å². The Morgan fingerprint density at radius 2 is 2.04 bits per heavy atom. The third kappa shape index (κ3) is 3.61. The zero-order chi connectivity index (χ0) is 18.7. The third-order valence-electron chi connectivity index (χ3n) is 4.40. The normalized spacial score (nSPS) is 16.7. The number of furan rings is 1. The summed E-state index contributed by atoms with van der Waals surface area (Å²) in [6.07, 6.45) is 0.868. The van der Waals surface area contributed by atoms with Crippen LogP contribution in [0, 0.1) is 0 Å². The van der Waals surface area contributed by atoms with Crippen molar-refractivity contribution in [3.8, 4) is 0 Å². The highest BCUT2D eigenvalue weighted by Gasteiger charge is 2.33. The number of carbonyl (C=O) groups excluding carboxylic acids is 2. The molecule has 2 heterocycles. The summed E-state index contributed by atoms with van der Waals surface area (Å²) in [6, 6.07) is 10.2. The van der Waals surface area contributed by atoms with Crippen LogP contribution in [0.25, 0.3) is 0 Å². The second kappa shape index (κ2) is 7.43. The van der Waals surface area contributed by atoms with Crippen LogP contribution in [0.2, 0.25) is 0 Å². The number of carbonyl (C=O) groups is 3. The summed E-state index contributed by atoms with van der Waals surface area (Å²) >= 11 is 0. The van der Waals surface area contributed by atoms with Crippen LogP contribution < -0.4 is 5.32 Å². The maximum absolute atomic E-state index is 12.5. The van der Waals surface area contributed by atoms with E-state index in [1.54, 1.807) is 11.8 Å². The molecule has 7 heteroatoms. The Morgan fingerprint density at radius 1 is 1.31 bits per heavy atom. The Morgan fingerprint density at radius 3 is 2.65 bits per heavy atom. The number of carboxylic acids is 1. The molecule has 1 unspecified atom stereocenters. The van der Waals surface area contributed by atoms with Gasteiger partial charge >= 0.3 is 5.97 Å². The van der Waals surface area contributed by atoms with E-state index in [0.29, 0.717) is 25.9 Å². The summed E-state index contributed by atoms with van der Waals surface area (Å²) < 4.78 is 5.34. The van der Waals surface area contributed by atoms with Crippen molar-refractivity contribution in [1.82, 2.24) is 10.2 Å². The molecule has 1 aliphatic rings. The quantitative estimate of drug-likeness (QED) is 0.825. The molecule has 7 nitrogen and oxygen atoms in total. The molecular formula is C19H20N2O5. The monoisotopic (exact) mass is 356 g/mol. The first-order chi connectivity index (χ1) is 12.5. The first kappa shape index (κ1) is 17.7. The van der Waals surface area contributed by atoms with E-state index in [1.807, 2.05) is 30.3 Å². The molecule has 1 atom stereocenters. The van der Waals surface area contributed by atoms with Gasteiger partial charge in [-0.25, -0.2) is 4.79 Å². The predicted molar refractivity (Wildman–Crippen MR) is 92.8 cm³/mol. The number of hydrogen-bond donors (Lipinski definition) is 2. The number of nitrogens with one attached hydrogen (secondary N) is 1. The number of amides is 2. The van der Waals surface area contributed by atoms with Crippen LogP contribution >= 0.6 is 0 Å². The van der Waals surface area contributed by atoms with Gasteiger partial charge in [0.1, 0.15) is 17.4 Å². The lowest BCUT2D eigenvalue weighted by Gasteiger charge is -2.17. The number of benzene rings is 1. The van der Waals surface area contributed by atoms with E-state index in [0.717, 1.165) is 5.56 Å². The highest BCUT2D eigenvalue weighted by molar-refractivity contribution is 5.98. The standard InChI is InChI=1S/C19H20N2O5/c1-2-15-13(19(24)25)10-16(26-15)17(22)20-14-8-9-21(18(14)23)11-12-6-4-3-5-7-12/h3-7,10,14H,2,8-9,11H2,1H3,(H,20,22)(H,24,25). The van der Waals surface area contributed by atoms with Gasteiger partial charge in [-0.05, 0) is 12.0 Å². The zero-order valence-electron chi connectivity index (χ0n) is 14.4. The van der Waals surface area contributed by atoms with Crippen LogP contribution in [0.1, 0.15) is 45.6 Å². The molecule has 0 radical (unpaired) electrons. The lowest BCUT2D eigenvalue weighted by molar-refractivity contribution is -0.129. The number of aryl methyl sites for hydroxylation is 1. The molecule has 1 saturated heterocycles. The summed E-state index contributed by atoms with van der Waals surface area (Å²) in [7, 11) is 0. The Balaban J connectivity index is 1.65. The fraction of sp³-hybridized carbons (Fsp3) is 0.316. The fourth-order valence-corrected chi connectivity index (χ4v) is 3.05. The van der Waals surface area contributed by atoms with Gasteiger partial charge in [0.05, 0.1) is 0 Å². The molecule has 1 fully saturated rings. The summed E-state index contributed by atoms with van der Waals surface area (Å²) in [5, 5.41) is 11.8. The van der Waals surface area contributed by atoms with Crippen LogP contribution in [0.5, 0.6) is 0 Å². The number of nitrogens with zero attached hydrogens (tertiary/aromatic N) is 1. The molecular weight excluding hydrogens is 336 g/mol. The van der Waals surface area contributed by atoms with E-state index >= 15 is 0 Å². The largest absolute Gasteiger partial charge is 0.478 e. The summed E-state index contributed by atoms with van der Waals surface area (Å²) in [5.74, 6) is -1.72. The van der Waals surface area contributed by atoms with Gasteiger partial charge in [-0.15, -0.1) is 0 Å². The van der Waals surface area contributed by atoms with Crippen LogP contribution in [0.15, 0.2) is 40.8 Å². The molecule has 0 aliphatic carbocycles. The summed E-state index contributed by atoms with van der Waals surface area (Å²) in [5.41, 5.74) is 0.999. The smallest absolute Gasteiger partial charge is 0.339 e. The van der Waals surface area contributed by atoms with E-state index in [1.165, 1.54) is 6.07 Å². The summed E-state index contributed by atoms with van der Waals surface area (Å²) in [6.45, 7) is 2.79. The van der Waals surface area contributed by atoms with E-state index < -0.39 is 17.9 Å². The van der Waals surface area contributed by atoms with Crippen LogP contribution in [0.4, 0.5) is 0 Å². The molecule has 0 bridgehead atoms. The Labute approximate surface area is 150 Å². The molecule has 1 aliphatic heterocycles. The highest BCUT2D eigenvalue weighted by atomic mass is 16.4. The summed E-state index contributed by atoms with van der Waals surface area (Å²) in [4.78, 5) is 37.7. The van der Waals surface area contributed by atoms with Crippen molar-refractivity contribution in [3.05, 3.63) is 59.0 Å². The van der Waals surface area contributed by atoms with Crippen molar-refractivity contribution in [2.24, 2.45) is 0 Å². The SMILES string of the molecule is CCc1oc(C(=O)NC2CCN(Cc3ccccc3)C2=O)cc1C(=O)O. The van der Waals surface area contributed by atoms with Crippen molar-refractivity contribution in [2.45, 2.75) is 32.4 Å². The van der Waals surface area contributed by atoms with Gasteiger partial charge in [-0.1, -0.05) is 37.3 Å². The second-order valence-corrected chi connectivity index (χ2v) is 6.17. The van der Waals surface area contributed by atoms with E-state index in [2.05, 4.69) is 5.32 Å². The minimum atomic E-state index is -1.14. The van der Waals surface area contributed by atoms with Gasteiger partial charge < -0.3 is 19.7 Å². The molecule has 3 rings (SSSR count). The Kier molecular flexibility index (Phi) is 5.06. The van der Waals surface area contributed by atoms with Gasteiger partial charge in [0.25, 0.3) is 5.91 Å². The van der Waals surface area contributed by atoms with E-state index in [4.69, 9.17) is 9.52 Å². The van der Waals surface area contributed by atoms with Gasteiger partial charge in [-0.3, -0.25) is 9.59 Å². The molecule has 1 aromatic carbocycles. The third-order valence-corrected chi connectivity index (χ3v) is 4.40. The maximum atomic E-state index is 12.5. The highest BCUT2D eigenvalue weighted by Crippen LogP contribution is 2.19. The first-order valence-electron chi connectivity index (χ1n) is 8.49. The van der Waals surface area contributed by atoms with E-state index in [-0.39, 0.29) is 23.0 Å². The van der Waals surface area contributed by atoms with Gasteiger partial charge in [0.15, 0.2) is 5.76 Å². The number of hydrogen-bond acceptors (Lipinski definition) is 4. The van der Waals surface area contributed by atoms with Crippen LogP contribution in [0.3, 0.4) is 0 Å². The van der Waals surface area contributed by atoms with Crippen molar-refractivity contribution in [1.29, 1.82) is 0 Å². The Hall–Kier alpha value is -3.09. The predicted octanol–water partition coefficient (Wildman–Crippen LogP) is 2.07. The molecule has 1 aromatic heterocycles. The maximum Gasteiger partial charge on any atom is 0.339 e. The minimum absolute atomic E-state index is 0.0268. The molecule has 2 N–H and O–H groups in total. The zero-order valence-corrected chi connectivity index (χ0v) is 14.4. The van der Waals surface area contributed by atoms with Crippen molar-refractivity contribution in [3.63, 3.8) is 0 Å². The van der Waals surface area contributed by atoms with Gasteiger partial charge in [-0.2, -0.15) is 0 Å². The fourth-order valence-electron chi connectivity index (χ4n) is 3.05. The van der Waals surface area contributed by atoms with Gasteiger partial charge in [0, 0.05) is 25.6 Å². The number of rotatable bonds is 6. The average molecular weight is 356 g/mol. The number of aromatic carboxylic acids is 1. The number of likely N-dealkylation sites (tertiary alicyclic amines) is 1. The van der Waals surface area contributed by atoms with Crippen molar-refractivity contribution >= 4 is 17.8 Å². The van der Waals surface area contributed by atoms with E-state index in [9.17, 15) is 14.4 Å². The molecule has 136 valence electrons. The molecule has 0 saturated carbocycles. The lowest BCUT2D eigenvalue weighted by atomic mass is 10.2. The molecule has 26 heavy (non-hydrogen) atoms.